The molecule has 1 aliphatic heterocycles. The van der Waals surface area contributed by atoms with Crippen LogP contribution in [0.1, 0.15) is 49.3 Å². The Hall–Kier alpha value is -2.73. The summed E-state index contributed by atoms with van der Waals surface area (Å²) in [6.45, 7) is 5.94. The van der Waals surface area contributed by atoms with E-state index in [2.05, 4.69) is 5.32 Å². The van der Waals surface area contributed by atoms with Gasteiger partial charge in [0.1, 0.15) is 5.56 Å². The number of hydrogen-bond donors (Lipinski definition) is 1. The Morgan fingerprint density at radius 1 is 1.18 bits per heavy atom. The number of carbonyl (C=O) groups is 2. The maximum atomic E-state index is 12.6. The fraction of sp³-hybridized carbons (Fsp3) is 0.409. The molecule has 1 aliphatic rings. The quantitative estimate of drug-likeness (QED) is 0.615. The van der Waals surface area contributed by atoms with Gasteiger partial charge in [-0.25, -0.2) is 0 Å². The molecule has 1 fully saturated rings. The summed E-state index contributed by atoms with van der Waals surface area (Å²) in [5.41, 5.74) is 1.56. The Balaban J connectivity index is 1.75. The van der Waals surface area contributed by atoms with Gasteiger partial charge in [0.25, 0.3) is 5.91 Å². The SMILES string of the molecule is CC[C@H]1O[C@@H]([n+]2cccc(C(=O)NCc3ccccc3)c2)[C@H](OC(C)=O)[C@@H]1C. The number of nitrogens with zero attached hydrogens (tertiary/aromatic N) is 1. The van der Waals surface area contributed by atoms with Crippen LogP contribution in [0.2, 0.25) is 0 Å². The summed E-state index contributed by atoms with van der Waals surface area (Å²) in [6.07, 6.45) is 3.55. The van der Waals surface area contributed by atoms with Gasteiger partial charge in [-0.1, -0.05) is 44.2 Å². The molecular weight excluding hydrogens is 356 g/mol. The molecule has 0 aliphatic carbocycles. The van der Waals surface area contributed by atoms with Gasteiger partial charge in [0, 0.05) is 25.5 Å². The van der Waals surface area contributed by atoms with Crippen molar-refractivity contribution in [2.45, 2.75) is 52.2 Å². The molecule has 0 radical (unpaired) electrons. The van der Waals surface area contributed by atoms with Crippen LogP contribution in [0.15, 0.2) is 54.9 Å². The molecule has 1 saturated heterocycles. The van der Waals surface area contributed by atoms with Gasteiger partial charge in [-0.2, -0.15) is 4.57 Å². The van der Waals surface area contributed by atoms with E-state index in [-0.39, 0.29) is 23.9 Å². The minimum Gasteiger partial charge on any atom is -0.452 e. The Labute approximate surface area is 165 Å². The van der Waals surface area contributed by atoms with E-state index in [0.717, 1.165) is 12.0 Å². The normalized spacial score (nSPS) is 24.0. The first-order valence-electron chi connectivity index (χ1n) is 9.65. The molecule has 148 valence electrons. The molecule has 1 amide bonds. The maximum absolute atomic E-state index is 12.6. The second-order valence-electron chi connectivity index (χ2n) is 7.11. The summed E-state index contributed by atoms with van der Waals surface area (Å²) in [5.74, 6) is -0.429. The van der Waals surface area contributed by atoms with Gasteiger partial charge in [-0.05, 0) is 18.1 Å². The lowest BCUT2D eigenvalue weighted by molar-refractivity contribution is -0.765. The Morgan fingerprint density at radius 3 is 2.61 bits per heavy atom. The predicted octanol–water partition coefficient (Wildman–Crippen LogP) is 2.78. The maximum Gasteiger partial charge on any atom is 0.303 e. The van der Waals surface area contributed by atoms with Gasteiger partial charge in [0.05, 0.1) is 6.10 Å². The summed E-state index contributed by atoms with van der Waals surface area (Å²) >= 11 is 0. The van der Waals surface area contributed by atoms with E-state index in [4.69, 9.17) is 9.47 Å². The van der Waals surface area contributed by atoms with E-state index in [0.29, 0.717) is 12.1 Å². The van der Waals surface area contributed by atoms with Crippen molar-refractivity contribution >= 4 is 11.9 Å². The lowest BCUT2D eigenvalue weighted by Crippen LogP contribution is -2.47. The summed E-state index contributed by atoms with van der Waals surface area (Å²) in [6, 6.07) is 13.3. The third-order valence-electron chi connectivity index (χ3n) is 5.08. The first kappa shape index (κ1) is 20.0. The number of ether oxygens (including phenoxy) is 2. The molecule has 0 spiro atoms. The highest BCUT2D eigenvalue weighted by Gasteiger charge is 2.49. The van der Waals surface area contributed by atoms with Gasteiger partial charge >= 0.3 is 12.2 Å². The topological polar surface area (TPSA) is 68.5 Å². The number of nitrogens with one attached hydrogen (secondary N) is 1. The van der Waals surface area contributed by atoms with Crippen LogP contribution in [-0.2, 0) is 20.8 Å². The zero-order valence-electron chi connectivity index (χ0n) is 16.5. The van der Waals surface area contributed by atoms with Gasteiger partial charge in [0.15, 0.2) is 18.5 Å². The number of rotatable bonds is 6. The van der Waals surface area contributed by atoms with Crippen LogP contribution in [0.4, 0.5) is 0 Å². The van der Waals surface area contributed by atoms with Crippen molar-refractivity contribution in [2.24, 2.45) is 5.92 Å². The Morgan fingerprint density at radius 2 is 1.93 bits per heavy atom. The van der Waals surface area contributed by atoms with Crippen LogP contribution in [0.5, 0.6) is 0 Å². The number of esters is 1. The fourth-order valence-corrected chi connectivity index (χ4v) is 3.58. The lowest BCUT2D eigenvalue weighted by atomic mass is 9.98. The van der Waals surface area contributed by atoms with Crippen LogP contribution < -0.4 is 9.88 Å². The minimum atomic E-state index is -0.453. The van der Waals surface area contributed by atoms with E-state index >= 15 is 0 Å². The fourth-order valence-electron chi connectivity index (χ4n) is 3.58. The first-order chi connectivity index (χ1) is 13.5. The minimum absolute atomic E-state index is 0.00240. The molecule has 28 heavy (non-hydrogen) atoms. The van der Waals surface area contributed by atoms with E-state index in [9.17, 15) is 9.59 Å². The van der Waals surface area contributed by atoms with Crippen LogP contribution in [0.3, 0.4) is 0 Å². The average molecular weight is 383 g/mol. The molecule has 1 aromatic carbocycles. The number of pyridine rings is 1. The molecule has 6 nitrogen and oxygen atoms in total. The number of benzene rings is 1. The molecule has 2 aromatic rings. The number of aromatic nitrogens is 1. The molecule has 0 bridgehead atoms. The van der Waals surface area contributed by atoms with Crippen molar-refractivity contribution in [2.75, 3.05) is 0 Å². The predicted molar refractivity (Wildman–Crippen MR) is 103 cm³/mol. The van der Waals surface area contributed by atoms with Crippen molar-refractivity contribution in [1.82, 2.24) is 5.32 Å². The second kappa shape index (κ2) is 8.97. The zero-order chi connectivity index (χ0) is 20.1. The molecule has 4 atom stereocenters. The van der Waals surface area contributed by atoms with E-state index in [1.54, 1.807) is 18.3 Å². The van der Waals surface area contributed by atoms with Gasteiger partial charge in [0.2, 0.25) is 0 Å². The summed E-state index contributed by atoms with van der Waals surface area (Å²) < 4.78 is 13.5. The number of carbonyl (C=O) groups excluding carboxylic acids is 2. The van der Waals surface area contributed by atoms with Crippen molar-refractivity contribution < 1.29 is 23.6 Å². The third kappa shape index (κ3) is 4.57. The molecule has 6 heteroatoms. The van der Waals surface area contributed by atoms with Crippen molar-refractivity contribution in [3.63, 3.8) is 0 Å². The van der Waals surface area contributed by atoms with Crippen LogP contribution in [0, 0.1) is 5.92 Å². The Kier molecular flexibility index (Phi) is 6.41. The van der Waals surface area contributed by atoms with Crippen molar-refractivity contribution in [3.8, 4) is 0 Å². The molecule has 3 rings (SSSR count). The highest BCUT2D eigenvalue weighted by Crippen LogP contribution is 2.34. The highest BCUT2D eigenvalue weighted by molar-refractivity contribution is 5.93. The van der Waals surface area contributed by atoms with Crippen molar-refractivity contribution in [1.29, 1.82) is 0 Å². The standard InChI is InChI=1S/C22H26N2O4/c1-4-19-15(2)20(27-16(3)25)22(28-19)24-12-8-11-18(14-24)21(26)23-13-17-9-6-5-7-10-17/h5-12,14-15,19-20,22H,4,13H2,1-3H3/p+1/t15-,19-,20-,22-/m1/s1. The average Bonchev–Trinajstić information content (AvgIpc) is 3.02. The zero-order valence-corrected chi connectivity index (χ0v) is 16.5. The van der Waals surface area contributed by atoms with Gasteiger partial charge in [-0.15, -0.1) is 0 Å². The number of hydrogen-bond acceptors (Lipinski definition) is 4. The number of amides is 1. The van der Waals surface area contributed by atoms with E-state index in [1.165, 1.54) is 6.92 Å². The van der Waals surface area contributed by atoms with Crippen LogP contribution in [-0.4, -0.2) is 24.1 Å². The first-order valence-corrected chi connectivity index (χ1v) is 9.65. The van der Waals surface area contributed by atoms with Gasteiger partial charge in [-0.3, -0.25) is 9.59 Å². The largest absolute Gasteiger partial charge is 0.452 e. The molecular formula is C22H27N2O4+. The molecule has 1 N–H and O–H groups in total. The van der Waals surface area contributed by atoms with Crippen molar-refractivity contribution in [3.05, 3.63) is 66.0 Å². The smallest absolute Gasteiger partial charge is 0.303 e. The van der Waals surface area contributed by atoms with E-state index < -0.39 is 12.3 Å². The highest BCUT2D eigenvalue weighted by atomic mass is 16.6. The summed E-state index contributed by atoms with van der Waals surface area (Å²) in [4.78, 5) is 24.1. The van der Waals surface area contributed by atoms with Gasteiger partial charge < -0.3 is 14.8 Å². The second-order valence-corrected chi connectivity index (χ2v) is 7.11. The monoisotopic (exact) mass is 383 g/mol. The third-order valence-corrected chi connectivity index (χ3v) is 5.08. The molecule has 0 saturated carbocycles. The van der Waals surface area contributed by atoms with Crippen LogP contribution >= 0.6 is 0 Å². The summed E-state index contributed by atoms with van der Waals surface area (Å²) in [7, 11) is 0. The molecule has 2 heterocycles. The molecule has 0 unspecified atom stereocenters. The summed E-state index contributed by atoms with van der Waals surface area (Å²) in [5, 5.41) is 2.93. The lowest BCUT2D eigenvalue weighted by Gasteiger charge is -2.17. The van der Waals surface area contributed by atoms with E-state index in [1.807, 2.05) is 54.9 Å². The molecule has 1 aromatic heterocycles. The Bertz CT molecular complexity index is 824. The van der Waals surface area contributed by atoms with Crippen LogP contribution in [0.25, 0.3) is 0 Å².